The van der Waals surface area contributed by atoms with Crippen LogP contribution < -0.4 is 21.3 Å². The highest BCUT2D eigenvalue weighted by atomic mass is 16.5. The summed E-state index contributed by atoms with van der Waals surface area (Å²) in [5.41, 5.74) is 7.25. The Bertz CT molecular complexity index is 783. The van der Waals surface area contributed by atoms with Crippen molar-refractivity contribution >= 4 is 17.5 Å². The van der Waals surface area contributed by atoms with Gasteiger partial charge in [-0.2, -0.15) is 0 Å². The third-order valence-corrected chi connectivity index (χ3v) is 3.51. The molecular formula is C16H20N4O3. The number of nitrogens with one attached hydrogen (secondary N) is 1. The van der Waals surface area contributed by atoms with Crippen molar-refractivity contribution in [3.05, 3.63) is 45.9 Å². The topological polar surface area (TPSA) is 99.2 Å². The number of hydrogen-bond donors (Lipinski definition) is 2. The van der Waals surface area contributed by atoms with Crippen molar-refractivity contribution in [3.8, 4) is 5.75 Å². The van der Waals surface area contributed by atoms with Crippen molar-refractivity contribution in [2.45, 2.75) is 26.8 Å². The summed E-state index contributed by atoms with van der Waals surface area (Å²) in [4.78, 5) is 28.6. The first-order valence-corrected chi connectivity index (χ1v) is 7.26. The summed E-state index contributed by atoms with van der Waals surface area (Å²) >= 11 is 0. The highest BCUT2D eigenvalue weighted by molar-refractivity contribution is 5.90. The molecule has 2 aromatic rings. The second-order valence-corrected chi connectivity index (χ2v) is 5.07. The van der Waals surface area contributed by atoms with E-state index in [4.69, 9.17) is 10.5 Å². The summed E-state index contributed by atoms with van der Waals surface area (Å²) in [5, 5.41) is 2.71. The molecule has 0 bridgehead atoms. The molecule has 7 heteroatoms. The van der Waals surface area contributed by atoms with Gasteiger partial charge in [-0.05, 0) is 25.5 Å². The molecule has 3 N–H and O–H groups in total. The summed E-state index contributed by atoms with van der Waals surface area (Å²) in [7, 11) is 1.55. The van der Waals surface area contributed by atoms with Gasteiger partial charge in [0.05, 0.1) is 12.8 Å². The standard InChI is InChI=1S/C16H20N4O3/c1-4-13-10(2)15(22)20(16(17)19-13)9-14(21)18-11-6-5-7-12(8-11)23-3/h5-8H,4,9H2,1-3H3,(H2,17,19)(H,18,21). The number of aromatic nitrogens is 2. The van der Waals surface area contributed by atoms with Gasteiger partial charge in [0, 0.05) is 17.3 Å². The minimum Gasteiger partial charge on any atom is -0.497 e. The zero-order valence-electron chi connectivity index (χ0n) is 13.4. The van der Waals surface area contributed by atoms with Gasteiger partial charge in [-0.25, -0.2) is 4.98 Å². The van der Waals surface area contributed by atoms with Gasteiger partial charge in [-0.3, -0.25) is 14.2 Å². The average Bonchev–Trinajstić information content (AvgIpc) is 2.55. The predicted molar refractivity (Wildman–Crippen MR) is 88.6 cm³/mol. The minimum atomic E-state index is -0.363. The number of nitrogens with two attached hydrogens (primary N) is 1. The Labute approximate surface area is 134 Å². The molecule has 0 saturated heterocycles. The van der Waals surface area contributed by atoms with Crippen molar-refractivity contribution in [2.24, 2.45) is 0 Å². The zero-order chi connectivity index (χ0) is 17.0. The second-order valence-electron chi connectivity index (χ2n) is 5.07. The highest BCUT2D eigenvalue weighted by Crippen LogP contribution is 2.16. The van der Waals surface area contributed by atoms with Crippen LogP contribution in [0.25, 0.3) is 0 Å². The SMILES string of the molecule is CCc1nc(N)n(CC(=O)Nc2cccc(OC)c2)c(=O)c1C. The Hall–Kier alpha value is -2.83. The molecule has 1 amide bonds. The Morgan fingerprint density at radius 3 is 2.83 bits per heavy atom. The van der Waals surface area contributed by atoms with E-state index in [2.05, 4.69) is 10.3 Å². The lowest BCUT2D eigenvalue weighted by Crippen LogP contribution is -2.32. The van der Waals surface area contributed by atoms with Gasteiger partial charge >= 0.3 is 0 Å². The number of carbonyl (C=O) groups is 1. The van der Waals surface area contributed by atoms with Crippen LogP contribution in [0, 0.1) is 6.92 Å². The molecule has 0 aliphatic rings. The minimum absolute atomic E-state index is 0.0400. The Kier molecular flexibility index (Phi) is 5.00. The molecular weight excluding hydrogens is 296 g/mol. The number of methoxy groups -OCH3 is 1. The highest BCUT2D eigenvalue weighted by Gasteiger charge is 2.13. The van der Waals surface area contributed by atoms with Gasteiger partial charge in [0.2, 0.25) is 11.9 Å². The fourth-order valence-corrected chi connectivity index (χ4v) is 2.25. The van der Waals surface area contributed by atoms with E-state index in [1.54, 1.807) is 38.3 Å². The van der Waals surface area contributed by atoms with Gasteiger partial charge < -0.3 is 15.8 Å². The van der Waals surface area contributed by atoms with Crippen molar-refractivity contribution < 1.29 is 9.53 Å². The van der Waals surface area contributed by atoms with Gasteiger partial charge in [0.25, 0.3) is 5.56 Å². The van der Waals surface area contributed by atoms with Crippen molar-refractivity contribution in [2.75, 3.05) is 18.2 Å². The quantitative estimate of drug-likeness (QED) is 0.867. The van der Waals surface area contributed by atoms with E-state index in [0.717, 1.165) is 0 Å². The molecule has 0 aliphatic carbocycles. The number of carbonyl (C=O) groups excluding carboxylic acids is 1. The van der Waals surface area contributed by atoms with Crippen molar-refractivity contribution in [1.29, 1.82) is 0 Å². The third kappa shape index (κ3) is 3.68. The molecule has 122 valence electrons. The monoisotopic (exact) mass is 316 g/mol. The molecule has 1 aromatic carbocycles. The van der Waals surface area contributed by atoms with E-state index < -0.39 is 0 Å². The second kappa shape index (κ2) is 6.95. The van der Waals surface area contributed by atoms with E-state index in [1.807, 2.05) is 6.92 Å². The molecule has 0 saturated carbocycles. The van der Waals surface area contributed by atoms with Crippen LogP contribution in [0.2, 0.25) is 0 Å². The van der Waals surface area contributed by atoms with Crippen LogP contribution >= 0.6 is 0 Å². The number of benzene rings is 1. The van der Waals surface area contributed by atoms with E-state index in [-0.39, 0.29) is 24.0 Å². The Morgan fingerprint density at radius 2 is 2.17 bits per heavy atom. The fourth-order valence-electron chi connectivity index (χ4n) is 2.25. The molecule has 23 heavy (non-hydrogen) atoms. The van der Waals surface area contributed by atoms with Crippen LogP contribution in [-0.4, -0.2) is 22.6 Å². The number of hydrogen-bond acceptors (Lipinski definition) is 5. The summed E-state index contributed by atoms with van der Waals surface area (Å²) < 4.78 is 6.27. The molecule has 0 aliphatic heterocycles. The largest absolute Gasteiger partial charge is 0.497 e. The normalized spacial score (nSPS) is 10.4. The summed E-state index contributed by atoms with van der Waals surface area (Å²) in [6.07, 6.45) is 0.613. The van der Waals surface area contributed by atoms with Crippen LogP contribution in [0.15, 0.2) is 29.1 Å². The lowest BCUT2D eigenvalue weighted by molar-refractivity contribution is -0.116. The number of nitrogen functional groups attached to an aromatic ring is 1. The molecule has 1 aromatic heterocycles. The van der Waals surface area contributed by atoms with E-state index in [0.29, 0.717) is 29.1 Å². The third-order valence-electron chi connectivity index (χ3n) is 3.51. The fraction of sp³-hybridized carbons (Fsp3) is 0.312. The van der Waals surface area contributed by atoms with Gasteiger partial charge in [0.1, 0.15) is 12.3 Å². The molecule has 0 atom stereocenters. The predicted octanol–water partition coefficient (Wildman–Crippen LogP) is 1.34. The molecule has 2 rings (SSSR count). The molecule has 0 spiro atoms. The number of nitrogens with zero attached hydrogens (tertiary/aromatic N) is 2. The molecule has 0 unspecified atom stereocenters. The maximum atomic E-state index is 12.3. The summed E-state index contributed by atoms with van der Waals surface area (Å²) in [5.74, 6) is 0.306. The van der Waals surface area contributed by atoms with Crippen LogP contribution in [-0.2, 0) is 17.8 Å². The first-order valence-electron chi connectivity index (χ1n) is 7.26. The van der Waals surface area contributed by atoms with Crippen LogP contribution in [0.1, 0.15) is 18.2 Å². The van der Waals surface area contributed by atoms with Crippen LogP contribution in [0.4, 0.5) is 11.6 Å². The van der Waals surface area contributed by atoms with Crippen molar-refractivity contribution in [3.63, 3.8) is 0 Å². The molecule has 7 nitrogen and oxygen atoms in total. The molecule has 0 radical (unpaired) electrons. The maximum Gasteiger partial charge on any atom is 0.258 e. The molecule has 0 fully saturated rings. The van der Waals surface area contributed by atoms with Crippen LogP contribution in [0.3, 0.4) is 0 Å². The summed E-state index contributed by atoms with van der Waals surface area (Å²) in [6.45, 7) is 3.39. The van der Waals surface area contributed by atoms with E-state index >= 15 is 0 Å². The number of ether oxygens (including phenoxy) is 1. The van der Waals surface area contributed by atoms with E-state index in [1.165, 1.54) is 4.57 Å². The Balaban J connectivity index is 2.20. The van der Waals surface area contributed by atoms with Crippen molar-refractivity contribution in [1.82, 2.24) is 9.55 Å². The maximum absolute atomic E-state index is 12.3. The summed E-state index contributed by atoms with van der Waals surface area (Å²) in [6, 6.07) is 6.95. The Morgan fingerprint density at radius 1 is 1.43 bits per heavy atom. The zero-order valence-corrected chi connectivity index (χ0v) is 13.4. The lowest BCUT2D eigenvalue weighted by Gasteiger charge is -2.12. The number of anilines is 2. The van der Waals surface area contributed by atoms with Gasteiger partial charge in [0.15, 0.2) is 0 Å². The van der Waals surface area contributed by atoms with Crippen LogP contribution in [0.5, 0.6) is 5.75 Å². The first kappa shape index (κ1) is 16.5. The number of amides is 1. The smallest absolute Gasteiger partial charge is 0.258 e. The average molecular weight is 316 g/mol. The lowest BCUT2D eigenvalue weighted by atomic mass is 10.2. The first-order chi connectivity index (χ1) is 11.0. The van der Waals surface area contributed by atoms with E-state index in [9.17, 15) is 9.59 Å². The van der Waals surface area contributed by atoms with Gasteiger partial charge in [-0.1, -0.05) is 13.0 Å². The molecule has 1 heterocycles. The van der Waals surface area contributed by atoms with Gasteiger partial charge in [-0.15, -0.1) is 0 Å². The number of aryl methyl sites for hydroxylation is 1. The number of rotatable bonds is 5.